The van der Waals surface area contributed by atoms with Crippen molar-refractivity contribution in [3.8, 4) is 0 Å². The Morgan fingerprint density at radius 2 is 1.77 bits per heavy atom. The van der Waals surface area contributed by atoms with Crippen LogP contribution in [0.15, 0.2) is 42.5 Å². The van der Waals surface area contributed by atoms with Crippen LogP contribution in [0.4, 0.5) is 11.4 Å². The van der Waals surface area contributed by atoms with Crippen LogP contribution >= 0.6 is 0 Å². The molecule has 0 aliphatic carbocycles. The lowest BCUT2D eigenvalue weighted by atomic mass is 10.1. The number of aryl methyl sites for hydroxylation is 2. The van der Waals surface area contributed by atoms with Gasteiger partial charge in [0.05, 0.1) is 12.5 Å². The Labute approximate surface area is 184 Å². The summed E-state index contributed by atoms with van der Waals surface area (Å²) in [5, 5.41) is 2.89. The third-order valence-corrected chi connectivity index (χ3v) is 5.90. The number of amides is 3. The van der Waals surface area contributed by atoms with Gasteiger partial charge in [-0.15, -0.1) is 0 Å². The molecule has 0 unspecified atom stereocenters. The minimum absolute atomic E-state index is 0.0187. The summed E-state index contributed by atoms with van der Waals surface area (Å²) >= 11 is 0. The highest BCUT2D eigenvalue weighted by molar-refractivity contribution is 6.02. The second-order valence-electron chi connectivity index (χ2n) is 8.25. The van der Waals surface area contributed by atoms with Crippen LogP contribution in [0.2, 0.25) is 0 Å². The van der Waals surface area contributed by atoms with Crippen molar-refractivity contribution in [3.63, 3.8) is 0 Å². The SMILES string of the molecule is CCCN(CC(=O)Nc1ccccc1C)C(=O)[C@@H]1CC(=O)N(c2cccc(C)c2C)C1. The van der Waals surface area contributed by atoms with Gasteiger partial charge in [-0.2, -0.15) is 0 Å². The van der Waals surface area contributed by atoms with Gasteiger partial charge in [-0.05, 0) is 56.0 Å². The number of hydrogen-bond acceptors (Lipinski definition) is 3. The standard InChI is InChI=1S/C25H31N3O3/c1-5-13-27(16-23(29)26-21-11-7-6-9-18(21)3)25(31)20-14-24(30)28(15-20)22-12-8-10-17(2)19(22)4/h6-12,20H,5,13-16H2,1-4H3,(H,26,29)/t20-/m1/s1. The molecule has 31 heavy (non-hydrogen) atoms. The molecule has 0 spiro atoms. The fourth-order valence-electron chi connectivity index (χ4n) is 4.01. The van der Waals surface area contributed by atoms with Gasteiger partial charge in [-0.1, -0.05) is 37.3 Å². The van der Waals surface area contributed by atoms with E-state index in [1.165, 1.54) is 0 Å². The number of para-hydroxylation sites is 1. The summed E-state index contributed by atoms with van der Waals surface area (Å²) in [5.74, 6) is -0.854. The second kappa shape index (κ2) is 9.77. The molecule has 1 N–H and O–H groups in total. The summed E-state index contributed by atoms with van der Waals surface area (Å²) in [6, 6.07) is 13.4. The van der Waals surface area contributed by atoms with Crippen molar-refractivity contribution in [1.29, 1.82) is 0 Å². The van der Waals surface area contributed by atoms with E-state index in [2.05, 4.69) is 5.32 Å². The van der Waals surface area contributed by atoms with Gasteiger partial charge >= 0.3 is 0 Å². The monoisotopic (exact) mass is 421 g/mol. The van der Waals surface area contributed by atoms with Gasteiger partial charge in [0.1, 0.15) is 0 Å². The summed E-state index contributed by atoms with van der Waals surface area (Å²) in [5.41, 5.74) is 4.73. The second-order valence-corrected chi connectivity index (χ2v) is 8.25. The van der Waals surface area contributed by atoms with Crippen LogP contribution < -0.4 is 10.2 Å². The van der Waals surface area contributed by atoms with Crippen LogP contribution in [0, 0.1) is 26.7 Å². The van der Waals surface area contributed by atoms with Crippen LogP contribution in [0.5, 0.6) is 0 Å². The largest absolute Gasteiger partial charge is 0.333 e. The first-order valence-electron chi connectivity index (χ1n) is 10.8. The topological polar surface area (TPSA) is 69.7 Å². The molecular weight excluding hydrogens is 390 g/mol. The molecule has 2 aromatic rings. The molecule has 0 saturated carbocycles. The van der Waals surface area contributed by atoms with Crippen LogP contribution in [0.25, 0.3) is 0 Å². The Balaban J connectivity index is 1.70. The highest BCUT2D eigenvalue weighted by Crippen LogP contribution is 2.30. The Kier molecular flexibility index (Phi) is 7.10. The molecule has 2 aromatic carbocycles. The number of nitrogens with zero attached hydrogens (tertiary/aromatic N) is 2. The lowest BCUT2D eigenvalue weighted by Crippen LogP contribution is -2.42. The molecule has 1 atom stereocenters. The van der Waals surface area contributed by atoms with Crippen LogP contribution in [0.3, 0.4) is 0 Å². The van der Waals surface area contributed by atoms with E-state index in [-0.39, 0.29) is 30.7 Å². The number of nitrogens with one attached hydrogen (secondary N) is 1. The van der Waals surface area contributed by atoms with E-state index in [1.54, 1.807) is 9.80 Å². The number of benzene rings is 2. The average molecular weight is 422 g/mol. The van der Waals surface area contributed by atoms with Crippen LogP contribution in [-0.2, 0) is 14.4 Å². The van der Waals surface area contributed by atoms with Gasteiger partial charge in [0.2, 0.25) is 17.7 Å². The molecular formula is C25H31N3O3. The van der Waals surface area contributed by atoms with Crippen molar-refractivity contribution in [3.05, 3.63) is 59.2 Å². The molecule has 164 valence electrons. The molecule has 0 bridgehead atoms. The minimum atomic E-state index is -0.440. The van der Waals surface area contributed by atoms with Crippen molar-refractivity contribution in [1.82, 2.24) is 4.90 Å². The van der Waals surface area contributed by atoms with Gasteiger partial charge in [0.15, 0.2) is 0 Å². The molecule has 3 rings (SSSR count). The first-order chi connectivity index (χ1) is 14.8. The number of carbonyl (C=O) groups is 3. The first-order valence-corrected chi connectivity index (χ1v) is 10.8. The summed E-state index contributed by atoms with van der Waals surface area (Å²) < 4.78 is 0. The van der Waals surface area contributed by atoms with Gasteiger partial charge in [-0.25, -0.2) is 0 Å². The van der Waals surface area contributed by atoms with E-state index >= 15 is 0 Å². The first kappa shape index (κ1) is 22.5. The van der Waals surface area contributed by atoms with E-state index < -0.39 is 5.92 Å². The Morgan fingerprint density at radius 1 is 1.06 bits per heavy atom. The van der Waals surface area contributed by atoms with Crippen molar-refractivity contribution < 1.29 is 14.4 Å². The molecule has 1 aliphatic heterocycles. The van der Waals surface area contributed by atoms with E-state index in [9.17, 15) is 14.4 Å². The Hall–Kier alpha value is -3.15. The fourth-order valence-corrected chi connectivity index (χ4v) is 4.01. The quantitative estimate of drug-likeness (QED) is 0.738. The Bertz CT molecular complexity index is 986. The maximum Gasteiger partial charge on any atom is 0.244 e. The average Bonchev–Trinajstić information content (AvgIpc) is 3.12. The van der Waals surface area contributed by atoms with Crippen molar-refractivity contribution in [2.75, 3.05) is 29.9 Å². The molecule has 0 radical (unpaired) electrons. The zero-order chi connectivity index (χ0) is 22.5. The third-order valence-electron chi connectivity index (χ3n) is 5.90. The maximum absolute atomic E-state index is 13.2. The number of hydrogen-bond donors (Lipinski definition) is 1. The third kappa shape index (κ3) is 5.13. The molecule has 1 heterocycles. The summed E-state index contributed by atoms with van der Waals surface area (Å²) in [6.45, 7) is 8.72. The predicted octanol–water partition coefficient (Wildman–Crippen LogP) is 3.84. The van der Waals surface area contributed by atoms with Crippen molar-refractivity contribution in [2.45, 2.75) is 40.5 Å². The molecule has 1 saturated heterocycles. The molecule has 0 aromatic heterocycles. The zero-order valence-electron chi connectivity index (χ0n) is 18.8. The van der Waals surface area contributed by atoms with Gasteiger partial charge in [-0.3, -0.25) is 14.4 Å². The van der Waals surface area contributed by atoms with E-state index in [4.69, 9.17) is 0 Å². The van der Waals surface area contributed by atoms with E-state index in [1.807, 2.05) is 70.2 Å². The number of carbonyl (C=O) groups excluding carboxylic acids is 3. The molecule has 6 nitrogen and oxygen atoms in total. The maximum atomic E-state index is 13.2. The van der Waals surface area contributed by atoms with Crippen LogP contribution in [-0.4, -0.2) is 42.3 Å². The molecule has 6 heteroatoms. The molecule has 1 fully saturated rings. The highest BCUT2D eigenvalue weighted by atomic mass is 16.2. The van der Waals surface area contributed by atoms with Gasteiger partial charge < -0.3 is 15.1 Å². The lowest BCUT2D eigenvalue weighted by molar-refractivity contribution is -0.138. The molecule has 1 aliphatic rings. The van der Waals surface area contributed by atoms with Gasteiger partial charge in [0.25, 0.3) is 0 Å². The lowest BCUT2D eigenvalue weighted by Gasteiger charge is -2.25. The summed E-state index contributed by atoms with van der Waals surface area (Å²) in [4.78, 5) is 41.9. The van der Waals surface area contributed by atoms with E-state index in [0.29, 0.717) is 13.1 Å². The molecule has 3 amide bonds. The zero-order valence-corrected chi connectivity index (χ0v) is 18.8. The predicted molar refractivity (Wildman–Crippen MR) is 123 cm³/mol. The smallest absolute Gasteiger partial charge is 0.244 e. The van der Waals surface area contributed by atoms with E-state index in [0.717, 1.165) is 34.5 Å². The van der Waals surface area contributed by atoms with Crippen molar-refractivity contribution in [2.24, 2.45) is 5.92 Å². The number of rotatable bonds is 7. The fraction of sp³-hybridized carbons (Fsp3) is 0.400. The number of anilines is 2. The van der Waals surface area contributed by atoms with Crippen LogP contribution in [0.1, 0.15) is 36.5 Å². The summed E-state index contributed by atoms with van der Waals surface area (Å²) in [7, 11) is 0. The normalized spacial score (nSPS) is 15.8. The highest BCUT2D eigenvalue weighted by Gasteiger charge is 2.38. The van der Waals surface area contributed by atoms with Crippen molar-refractivity contribution >= 4 is 29.1 Å². The van der Waals surface area contributed by atoms with Gasteiger partial charge in [0, 0.05) is 30.9 Å². The Morgan fingerprint density at radius 3 is 2.48 bits per heavy atom. The minimum Gasteiger partial charge on any atom is -0.333 e. The summed E-state index contributed by atoms with van der Waals surface area (Å²) in [6.07, 6.45) is 0.913.